The van der Waals surface area contributed by atoms with Crippen molar-refractivity contribution < 1.29 is 22.7 Å². The number of hydrogen-bond acceptors (Lipinski definition) is 3. The Kier molecular flexibility index (Phi) is 4.58. The topological polar surface area (TPSA) is 38.3 Å². The van der Waals surface area contributed by atoms with Crippen LogP contribution in [0.5, 0.6) is 0 Å². The molecule has 0 saturated heterocycles. The molecule has 1 aromatic rings. The Morgan fingerprint density at radius 1 is 1.22 bits per heavy atom. The van der Waals surface area contributed by atoms with E-state index in [0.29, 0.717) is 0 Å². The Hall–Kier alpha value is -1.72. The lowest BCUT2D eigenvalue weighted by molar-refractivity contribution is -0.142. The van der Waals surface area contributed by atoms with Gasteiger partial charge < -0.3 is 10.1 Å². The highest BCUT2D eigenvalue weighted by Crippen LogP contribution is 2.22. The van der Waals surface area contributed by atoms with Gasteiger partial charge in [0.25, 0.3) is 0 Å². The maximum absolute atomic E-state index is 13.4. The Labute approximate surface area is 103 Å². The van der Waals surface area contributed by atoms with Crippen LogP contribution < -0.4 is 5.32 Å². The molecular weight excluding hydrogens is 247 g/mol. The number of halogens is 3. The number of carbonyl (C=O) groups excluding carboxylic acids is 1. The molecule has 0 radical (unpaired) electrons. The SMILES string of the molecule is COC(=O)C(Nc1ccc(F)c(F)c1F)C(C)C. The molecule has 1 rings (SSSR count). The van der Waals surface area contributed by atoms with Crippen molar-refractivity contribution in [1.82, 2.24) is 0 Å². The number of nitrogens with one attached hydrogen (secondary N) is 1. The van der Waals surface area contributed by atoms with Gasteiger partial charge in [-0.15, -0.1) is 0 Å². The van der Waals surface area contributed by atoms with Crippen molar-refractivity contribution in [2.45, 2.75) is 19.9 Å². The maximum atomic E-state index is 13.4. The van der Waals surface area contributed by atoms with Gasteiger partial charge in [-0.05, 0) is 18.1 Å². The Balaban J connectivity index is 3.02. The number of esters is 1. The number of benzene rings is 1. The van der Waals surface area contributed by atoms with Gasteiger partial charge >= 0.3 is 5.97 Å². The lowest BCUT2D eigenvalue weighted by atomic mass is 10.0. The zero-order chi connectivity index (χ0) is 13.9. The fourth-order valence-corrected chi connectivity index (χ4v) is 1.43. The Morgan fingerprint density at radius 3 is 2.33 bits per heavy atom. The lowest BCUT2D eigenvalue weighted by Gasteiger charge is -2.21. The van der Waals surface area contributed by atoms with Crippen LogP contribution in [-0.4, -0.2) is 19.1 Å². The van der Waals surface area contributed by atoms with Gasteiger partial charge in [0.1, 0.15) is 6.04 Å². The third kappa shape index (κ3) is 2.94. The molecule has 0 fully saturated rings. The van der Waals surface area contributed by atoms with Crippen LogP contribution in [0.3, 0.4) is 0 Å². The second kappa shape index (κ2) is 5.75. The molecule has 1 unspecified atom stereocenters. The highest BCUT2D eigenvalue weighted by atomic mass is 19.2. The third-order valence-electron chi connectivity index (χ3n) is 2.47. The molecule has 0 heterocycles. The summed E-state index contributed by atoms with van der Waals surface area (Å²) in [6, 6.07) is 0.982. The molecule has 18 heavy (non-hydrogen) atoms. The van der Waals surface area contributed by atoms with Crippen molar-refractivity contribution in [2.75, 3.05) is 12.4 Å². The average Bonchev–Trinajstić information content (AvgIpc) is 2.34. The highest BCUT2D eigenvalue weighted by Gasteiger charge is 2.25. The fraction of sp³-hybridized carbons (Fsp3) is 0.417. The molecule has 3 nitrogen and oxygen atoms in total. The minimum Gasteiger partial charge on any atom is -0.467 e. The van der Waals surface area contributed by atoms with Crippen molar-refractivity contribution in [2.24, 2.45) is 5.92 Å². The van der Waals surface area contributed by atoms with Crippen LogP contribution in [0.4, 0.5) is 18.9 Å². The molecule has 1 N–H and O–H groups in total. The van der Waals surface area contributed by atoms with Crippen molar-refractivity contribution in [3.8, 4) is 0 Å². The second-order valence-corrected chi connectivity index (χ2v) is 4.11. The van der Waals surface area contributed by atoms with Crippen LogP contribution in [0.25, 0.3) is 0 Å². The molecule has 6 heteroatoms. The van der Waals surface area contributed by atoms with E-state index < -0.39 is 29.5 Å². The first kappa shape index (κ1) is 14.3. The van der Waals surface area contributed by atoms with Crippen LogP contribution in [0.2, 0.25) is 0 Å². The van der Waals surface area contributed by atoms with Gasteiger partial charge in [-0.1, -0.05) is 13.8 Å². The number of carbonyl (C=O) groups is 1. The fourth-order valence-electron chi connectivity index (χ4n) is 1.43. The first-order chi connectivity index (χ1) is 8.38. The summed E-state index contributed by atoms with van der Waals surface area (Å²) in [6.07, 6.45) is 0. The molecule has 0 aromatic heterocycles. The van der Waals surface area contributed by atoms with Crippen LogP contribution in [-0.2, 0) is 9.53 Å². The van der Waals surface area contributed by atoms with Crippen molar-refractivity contribution >= 4 is 11.7 Å². The van der Waals surface area contributed by atoms with Gasteiger partial charge in [0.15, 0.2) is 17.5 Å². The van der Waals surface area contributed by atoms with Gasteiger partial charge in [-0.3, -0.25) is 0 Å². The molecule has 100 valence electrons. The summed E-state index contributed by atoms with van der Waals surface area (Å²) in [5.41, 5.74) is -0.280. The first-order valence-corrected chi connectivity index (χ1v) is 5.36. The van der Waals surface area contributed by atoms with Crippen LogP contribution in [0, 0.1) is 23.4 Å². The van der Waals surface area contributed by atoms with Gasteiger partial charge in [-0.25, -0.2) is 18.0 Å². The zero-order valence-electron chi connectivity index (χ0n) is 10.3. The molecule has 0 saturated carbocycles. The van der Waals surface area contributed by atoms with E-state index in [1.807, 2.05) is 0 Å². The minimum absolute atomic E-state index is 0.204. The van der Waals surface area contributed by atoms with Gasteiger partial charge in [0.2, 0.25) is 0 Å². The number of anilines is 1. The second-order valence-electron chi connectivity index (χ2n) is 4.11. The number of rotatable bonds is 4. The largest absolute Gasteiger partial charge is 0.467 e. The maximum Gasteiger partial charge on any atom is 0.328 e. The standard InChI is InChI=1S/C12H14F3NO2/c1-6(2)11(12(17)18-3)16-8-5-4-7(13)9(14)10(8)15/h4-6,11,16H,1-3H3. The quantitative estimate of drug-likeness (QED) is 0.669. The smallest absolute Gasteiger partial charge is 0.328 e. The predicted octanol–water partition coefficient (Wildman–Crippen LogP) is 2.71. The molecule has 0 aliphatic carbocycles. The van der Waals surface area contributed by atoms with Crippen LogP contribution >= 0.6 is 0 Å². The molecule has 1 atom stereocenters. The van der Waals surface area contributed by atoms with E-state index in [2.05, 4.69) is 10.1 Å². The molecule has 0 bridgehead atoms. The monoisotopic (exact) mass is 261 g/mol. The van der Waals surface area contributed by atoms with Crippen LogP contribution in [0.1, 0.15) is 13.8 Å². The number of methoxy groups -OCH3 is 1. The first-order valence-electron chi connectivity index (χ1n) is 5.36. The van der Waals surface area contributed by atoms with E-state index in [0.717, 1.165) is 12.1 Å². The summed E-state index contributed by atoms with van der Waals surface area (Å²) in [4.78, 5) is 11.4. The Morgan fingerprint density at radius 2 is 1.83 bits per heavy atom. The predicted molar refractivity (Wildman–Crippen MR) is 60.6 cm³/mol. The van der Waals surface area contributed by atoms with Crippen molar-refractivity contribution in [3.05, 3.63) is 29.6 Å². The molecule has 0 amide bonds. The van der Waals surface area contributed by atoms with E-state index in [4.69, 9.17) is 0 Å². The summed E-state index contributed by atoms with van der Waals surface area (Å²) < 4.78 is 43.7. The summed E-state index contributed by atoms with van der Waals surface area (Å²) in [7, 11) is 1.20. The zero-order valence-corrected chi connectivity index (χ0v) is 10.3. The number of ether oxygens (including phenoxy) is 1. The van der Waals surface area contributed by atoms with Crippen LogP contribution in [0.15, 0.2) is 12.1 Å². The van der Waals surface area contributed by atoms with E-state index in [1.165, 1.54) is 7.11 Å². The average molecular weight is 261 g/mol. The summed E-state index contributed by atoms with van der Waals surface area (Å²) >= 11 is 0. The van der Waals surface area contributed by atoms with Gasteiger partial charge in [0, 0.05) is 0 Å². The van der Waals surface area contributed by atoms with E-state index in [9.17, 15) is 18.0 Å². The molecule has 1 aromatic carbocycles. The summed E-state index contributed by atoms with van der Waals surface area (Å²) in [5.74, 6) is -5.02. The molecular formula is C12H14F3NO2. The normalized spacial score (nSPS) is 12.4. The van der Waals surface area contributed by atoms with E-state index in [-0.39, 0.29) is 11.6 Å². The number of hydrogen-bond donors (Lipinski definition) is 1. The minimum atomic E-state index is -1.58. The van der Waals surface area contributed by atoms with Crippen molar-refractivity contribution in [1.29, 1.82) is 0 Å². The van der Waals surface area contributed by atoms with E-state index in [1.54, 1.807) is 13.8 Å². The van der Waals surface area contributed by atoms with E-state index >= 15 is 0 Å². The van der Waals surface area contributed by atoms with Gasteiger partial charge in [-0.2, -0.15) is 0 Å². The third-order valence-corrected chi connectivity index (χ3v) is 2.47. The summed E-state index contributed by atoms with van der Waals surface area (Å²) in [6.45, 7) is 3.43. The lowest BCUT2D eigenvalue weighted by Crippen LogP contribution is -2.35. The molecule has 0 aliphatic rings. The highest BCUT2D eigenvalue weighted by molar-refractivity contribution is 5.79. The molecule has 0 spiro atoms. The van der Waals surface area contributed by atoms with Gasteiger partial charge in [0.05, 0.1) is 12.8 Å². The Bertz CT molecular complexity index is 449. The molecule has 0 aliphatic heterocycles. The summed E-state index contributed by atoms with van der Waals surface area (Å²) in [5, 5.41) is 2.51. The van der Waals surface area contributed by atoms with Crippen molar-refractivity contribution in [3.63, 3.8) is 0 Å².